The van der Waals surface area contributed by atoms with E-state index in [9.17, 15) is 14.4 Å². The van der Waals surface area contributed by atoms with Crippen molar-refractivity contribution in [1.29, 1.82) is 0 Å². The molecule has 0 aliphatic carbocycles. The van der Waals surface area contributed by atoms with Crippen LogP contribution in [0.2, 0.25) is 10.0 Å². The average molecular weight is 669 g/mol. The summed E-state index contributed by atoms with van der Waals surface area (Å²) >= 11 is 16.8. The number of halogens is 3. The van der Waals surface area contributed by atoms with E-state index >= 15 is 0 Å². The lowest BCUT2D eigenvalue weighted by molar-refractivity contribution is -0.115. The molecule has 4 rings (SSSR count). The molecule has 0 aliphatic heterocycles. The molecule has 0 aromatic heterocycles. The Morgan fingerprint density at radius 1 is 0.805 bits per heavy atom. The first-order chi connectivity index (χ1) is 19.7. The Labute approximate surface area is 260 Å². The highest BCUT2D eigenvalue weighted by Gasteiger charge is 2.17. The summed E-state index contributed by atoms with van der Waals surface area (Å²) in [6, 6.07) is 28.0. The topological polar surface area (TPSA) is 87.3 Å². The number of carbonyl (C=O) groups is 3. The molecule has 10 heteroatoms. The average Bonchev–Trinajstić information content (AvgIpc) is 2.96. The molecule has 0 aliphatic rings. The smallest absolute Gasteiger partial charge is 0.272 e. The minimum atomic E-state index is -0.482. The zero-order chi connectivity index (χ0) is 29.4. The van der Waals surface area contributed by atoms with Crippen molar-refractivity contribution in [3.63, 3.8) is 0 Å². The minimum Gasteiger partial charge on any atom is -0.325 e. The molecule has 4 aromatic carbocycles. The molecule has 4 aromatic rings. The van der Waals surface area contributed by atoms with Crippen LogP contribution in [0.15, 0.2) is 112 Å². The van der Waals surface area contributed by atoms with E-state index in [1.807, 2.05) is 42.5 Å². The van der Waals surface area contributed by atoms with Crippen LogP contribution in [-0.2, 0) is 9.59 Å². The fraction of sp³-hybridized carbons (Fsp3) is 0.0645. The van der Waals surface area contributed by atoms with Crippen molar-refractivity contribution < 1.29 is 14.4 Å². The fourth-order valence-corrected chi connectivity index (χ4v) is 5.18. The molecule has 0 saturated carbocycles. The summed E-state index contributed by atoms with van der Waals surface area (Å²) in [5.74, 6) is -1.08. The first-order valence-electron chi connectivity index (χ1n) is 12.4. The van der Waals surface area contributed by atoms with Gasteiger partial charge in [-0.1, -0.05) is 69.5 Å². The molecular formula is C31H24BrCl2N3O3S. The molecule has 0 bridgehead atoms. The van der Waals surface area contributed by atoms with Gasteiger partial charge in [0.2, 0.25) is 5.91 Å². The van der Waals surface area contributed by atoms with Gasteiger partial charge >= 0.3 is 0 Å². The van der Waals surface area contributed by atoms with Gasteiger partial charge in [-0.2, -0.15) is 0 Å². The first kappa shape index (κ1) is 30.4. The summed E-state index contributed by atoms with van der Waals surface area (Å²) in [6.07, 6.45) is 1.61. The van der Waals surface area contributed by atoms with Gasteiger partial charge in [-0.15, -0.1) is 11.8 Å². The second kappa shape index (κ2) is 14.4. The third-order valence-corrected chi connectivity index (χ3v) is 8.01. The minimum absolute atomic E-state index is 0.0861. The predicted octanol–water partition coefficient (Wildman–Crippen LogP) is 8.28. The summed E-state index contributed by atoms with van der Waals surface area (Å²) in [5, 5.41) is 8.75. The van der Waals surface area contributed by atoms with Crippen LogP contribution in [0.5, 0.6) is 0 Å². The Morgan fingerprint density at radius 3 is 2.20 bits per heavy atom. The lowest BCUT2D eigenvalue weighted by Crippen LogP contribution is -2.30. The number of benzene rings is 4. The fourth-order valence-electron chi connectivity index (χ4n) is 3.60. The molecule has 1 unspecified atom stereocenters. The molecule has 6 nitrogen and oxygen atoms in total. The lowest BCUT2D eigenvalue weighted by atomic mass is 10.1. The van der Waals surface area contributed by atoms with Gasteiger partial charge in [-0.3, -0.25) is 14.4 Å². The summed E-state index contributed by atoms with van der Waals surface area (Å²) in [6.45, 7) is 1.79. The van der Waals surface area contributed by atoms with Crippen LogP contribution in [0.4, 0.5) is 11.4 Å². The standard InChI is InChI=1S/C31H24BrCl2N3O3S/c1-19(29(38)36-24-12-15-26(33)27(34)18-24)41-25-13-10-23(11-14-25)35-31(40)28(17-20-6-5-9-22(32)16-20)37-30(39)21-7-3-2-4-8-21/h2-19H,1H3,(H,35,40)(H,36,38)(H,37,39)/b28-17-. The van der Waals surface area contributed by atoms with Crippen LogP contribution < -0.4 is 16.0 Å². The lowest BCUT2D eigenvalue weighted by Gasteiger charge is -2.14. The SMILES string of the molecule is CC(Sc1ccc(NC(=O)/C(=C/c2cccc(Br)c2)NC(=O)c2ccccc2)cc1)C(=O)Nc1ccc(Cl)c(Cl)c1. The molecule has 41 heavy (non-hydrogen) atoms. The van der Waals surface area contributed by atoms with Gasteiger partial charge in [0.1, 0.15) is 5.70 Å². The van der Waals surface area contributed by atoms with E-state index in [0.29, 0.717) is 27.0 Å². The van der Waals surface area contributed by atoms with Crippen molar-refractivity contribution in [1.82, 2.24) is 5.32 Å². The quantitative estimate of drug-likeness (QED) is 0.124. The van der Waals surface area contributed by atoms with Crippen molar-refractivity contribution >= 4 is 86.1 Å². The predicted molar refractivity (Wildman–Crippen MR) is 172 cm³/mol. The first-order valence-corrected chi connectivity index (χ1v) is 14.8. The van der Waals surface area contributed by atoms with E-state index in [1.165, 1.54) is 11.8 Å². The van der Waals surface area contributed by atoms with Crippen molar-refractivity contribution in [2.45, 2.75) is 17.1 Å². The number of thioether (sulfide) groups is 1. The van der Waals surface area contributed by atoms with Gasteiger partial charge in [0.05, 0.1) is 15.3 Å². The molecule has 3 amide bonds. The van der Waals surface area contributed by atoms with E-state index < -0.39 is 17.1 Å². The summed E-state index contributed by atoms with van der Waals surface area (Å²) in [5.41, 5.74) is 2.34. The largest absolute Gasteiger partial charge is 0.325 e. The van der Waals surface area contributed by atoms with E-state index in [-0.39, 0.29) is 11.6 Å². The summed E-state index contributed by atoms with van der Waals surface area (Å²) in [4.78, 5) is 39.6. The Kier molecular flexibility index (Phi) is 10.7. The van der Waals surface area contributed by atoms with E-state index in [2.05, 4.69) is 31.9 Å². The van der Waals surface area contributed by atoms with Crippen LogP contribution in [0.3, 0.4) is 0 Å². The number of hydrogen-bond donors (Lipinski definition) is 3. The van der Waals surface area contributed by atoms with Gasteiger partial charge < -0.3 is 16.0 Å². The molecule has 1 atom stereocenters. The summed E-state index contributed by atoms with van der Waals surface area (Å²) < 4.78 is 0.841. The number of nitrogens with one attached hydrogen (secondary N) is 3. The van der Waals surface area contributed by atoms with Crippen molar-refractivity contribution in [2.75, 3.05) is 10.6 Å². The van der Waals surface area contributed by atoms with Crippen molar-refractivity contribution in [3.8, 4) is 0 Å². The second-order valence-corrected chi connectivity index (χ2v) is 11.9. The maximum absolute atomic E-state index is 13.3. The Hall–Kier alpha value is -3.56. The van der Waals surface area contributed by atoms with Crippen LogP contribution in [-0.4, -0.2) is 23.0 Å². The molecule has 208 valence electrons. The monoisotopic (exact) mass is 667 g/mol. The van der Waals surface area contributed by atoms with Gasteiger partial charge in [0.25, 0.3) is 11.8 Å². The highest BCUT2D eigenvalue weighted by Crippen LogP contribution is 2.28. The number of carbonyl (C=O) groups excluding carboxylic acids is 3. The number of hydrogen-bond acceptors (Lipinski definition) is 4. The van der Waals surface area contributed by atoms with Crippen molar-refractivity contribution in [2.24, 2.45) is 0 Å². The highest BCUT2D eigenvalue weighted by atomic mass is 79.9. The number of amides is 3. The third-order valence-electron chi connectivity index (χ3n) is 5.67. The van der Waals surface area contributed by atoms with E-state index in [0.717, 1.165) is 14.9 Å². The van der Waals surface area contributed by atoms with E-state index in [4.69, 9.17) is 23.2 Å². The summed E-state index contributed by atoms with van der Waals surface area (Å²) in [7, 11) is 0. The number of rotatable bonds is 9. The zero-order valence-electron chi connectivity index (χ0n) is 21.7. The molecular weight excluding hydrogens is 645 g/mol. The molecule has 0 radical (unpaired) electrons. The maximum atomic E-state index is 13.3. The van der Waals surface area contributed by atoms with Gasteiger partial charge in [-0.05, 0) is 85.3 Å². The normalized spacial score (nSPS) is 11.9. The second-order valence-electron chi connectivity index (χ2n) is 8.79. The molecule has 0 heterocycles. The maximum Gasteiger partial charge on any atom is 0.272 e. The van der Waals surface area contributed by atoms with E-state index in [1.54, 1.807) is 67.6 Å². The van der Waals surface area contributed by atoms with Gasteiger partial charge in [-0.25, -0.2) is 0 Å². The van der Waals surface area contributed by atoms with Crippen LogP contribution >= 0.6 is 50.9 Å². The molecule has 0 fully saturated rings. The zero-order valence-corrected chi connectivity index (χ0v) is 25.6. The van der Waals surface area contributed by atoms with Crippen LogP contribution in [0, 0.1) is 0 Å². The molecule has 0 spiro atoms. The highest BCUT2D eigenvalue weighted by molar-refractivity contribution is 9.10. The third kappa shape index (κ3) is 8.96. The molecule has 3 N–H and O–H groups in total. The number of anilines is 2. The van der Waals surface area contributed by atoms with Crippen molar-refractivity contribution in [3.05, 3.63) is 128 Å². The van der Waals surface area contributed by atoms with Gasteiger partial charge in [0.15, 0.2) is 0 Å². The Morgan fingerprint density at radius 2 is 1.51 bits per heavy atom. The van der Waals surface area contributed by atoms with Crippen LogP contribution in [0.1, 0.15) is 22.8 Å². The van der Waals surface area contributed by atoms with Crippen LogP contribution in [0.25, 0.3) is 6.08 Å². The Bertz CT molecular complexity index is 1600. The molecule has 0 saturated heterocycles. The van der Waals surface area contributed by atoms with Gasteiger partial charge in [0, 0.05) is 26.3 Å². The Balaban J connectivity index is 1.42.